The van der Waals surface area contributed by atoms with Crippen molar-refractivity contribution >= 4 is 33.4 Å². The van der Waals surface area contributed by atoms with E-state index in [-0.39, 0.29) is 40.5 Å². The lowest BCUT2D eigenvalue weighted by molar-refractivity contribution is -0.123. The SMILES string of the molecule is Cc1nn(C(F)F)cc1S(=O)(=O)N1c2cc(NC(=O)O)ccc2O[C@@H](CNC(=O)[C@H]2C[C@H]2F)[C@H]1C. The van der Waals surface area contributed by atoms with Gasteiger partial charge < -0.3 is 15.2 Å². The Kier molecular flexibility index (Phi) is 6.29. The number of hydrogen-bond acceptors (Lipinski definition) is 6. The van der Waals surface area contributed by atoms with Crippen LogP contribution in [0.2, 0.25) is 0 Å². The van der Waals surface area contributed by atoms with E-state index in [0.29, 0.717) is 6.20 Å². The normalized spacial score (nSPS) is 23.4. The number of rotatable bonds is 7. The molecule has 3 N–H and O–H groups in total. The molecule has 1 aliphatic carbocycles. The zero-order valence-corrected chi connectivity index (χ0v) is 19.3. The van der Waals surface area contributed by atoms with Crippen LogP contribution in [0.3, 0.4) is 0 Å². The van der Waals surface area contributed by atoms with Gasteiger partial charge >= 0.3 is 12.6 Å². The molecule has 2 amide bonds. The summed E-state index contributed by atoms with van der Waals surface area (Å²) in [6.07, 6.45) is -2.70. The molecular formula is C20H22F3N5O6S. The Morgan fingerprint density at radius 3 is 2.60 bits per heavy atom. The molecule has 0 unspecified atom stereocenters. The first-order valence-corrected chi connectivity index (χ1v) is 11.9. The molecule has 4 rings (SSSR count). The van der Waals surface area contributed by atoms with Gasteiger partial charge in [-0.15, -0.1) is 0 Å². The maximum atomic E-state index is 13.7. The van der Waals surface area contributed by atoms with E-state index in [1.54, 1.807) is 0 Å². The van der Waals surface area contributed by atoms with Crippen LogP contribution in [0.1, 0.15) is 25.6 Å². The molecule has 0 bridgehead atoms. The summed E-state index contributed by atoms with van der Waals surface area (Å²) < 4.78 is 73.9. The lowest BCUT2D eigenvalue weighted by Crippen LogP contribution is -2.54. The van der Waals surface area contributed by atoms with Crippen LogP contribution in [0, 0.1) is 12.8 Å². The van der Waals surface area contributed by atoms with Crippen LogP contribution in [0.15, 0.2) is 29.3 Å². The number of nitrogens with zero attached hydrogens (tertiary/aromatic N) is 3. The number of carbonyl (C=O) groups is 2. The van der Waals surface area contributed by atoms with Gasteiger partial charge in [0.1, 0.15) is 22.9 Å². The number of halogens is 3. The average molecular weight is 517 g/mol. The maximum absolute atomic E-state index is 13.7. The Morgan fingerprint density at radius 1 is 1.34 bits per heavy atom. The molecule has 0 spiro atoms. The predicted molar refractivity (Wildman–Crippen MR) is 116 cm³/mol. The van der Waals surface area contributed by atoms with Crippen LogP contribution in [-0.2, 0) is 14.8 Å². The van der Waals surface area contributed by atoms with Gasteiger partial charge in [-0.3, -0.25) is 14.4 Å². The van der Waals surface area contributed by atoms with Crippen LogP contribution in [0.25, 0.3) is 0 Å². The van der Waals surface area contributed by atoms with E-state index in [4.69, 9.17) is 9.84 Å². The van der Waals surface area contributed by atoms with Gasteiger partial charge in [-0.2, -0.15) is 13.9 Å². The molecule has 2 aliphatic rings. The Bertz CT molecular complexity index is 1270. The number of anilines is 2. The zero-order valence-electron chi connectivity index (χ0n) is 18.5. The van der Waals surface area contributed by atoms with Crippen LogP contribution in [-0.4, -0.2) is 60.2 Å². The Hall–Kier alpha value is -3.49. The molecule has 0 saturated heterocycles. The molecule has 0 radical (unpaired) electrons. The molecule has 2 heterocycles. The molecule has 35 heavy (non-hydrogen) atoms. The summed E-state index contributed by atoms with van der Waals surface area (Å²) >= 11 is 0. The van der Waals surface area contributed by atoms with Gasteiger partial charge in [0.15, 0.2) is 0 Å². The lowest BCUT2D eigenvalue weighted by atomic mass is 10.1. The third kappa shape index (κ3) is 4.72. The first-order valence-electron chi connectivity index (χ1n) is 10.5. The molecule has 15 heteroatoms. The van der Waals surface area contributed by atoms with Crippen molar-refractivity contribution in [1.82, 2.24) is 15.1 Å². The number of sulfonamides is 1. The molecule has 1 aromatic heterocycles. The number of hydrogen-bond donors (Lipinski definition) is 3. The van der Waals surface area contributed by atoms with E-state index >= 15 is 0 Å². The largest absolute Gasteiger partial charge is 0.484 e. The minimum absolute atomic E-state index is 0.0402. The molecule has 1 aliphatic heterocycles. The highest BCUT2D eigenvalue weighted by atomic mass is 32.2. The smallest absolute Gasteiger partial charge is 0.409 e. The molecule has 2 aromatic rings. The number of amides is 2. The van der Waals surface area contributed by atoms with E-state index in [2.05, 4.69) is 15.7 Å². The summed E-state index contributed by atoms with van der Waals surface area (Å²) in [5.41, 5.74) is -0.166. The molecule has 4 atom stereocenters. The van der Waals surface area contributed by atoms with E-state index in [1.165, 1.54) is 32.0 Å². The van der Waals surface area contributed by atoms with Crippen molar-refractivity contribution < 1.29 is 41.0 Å². The van der Waals surface area contributed by atoms with Crippen molar-refractivity contribution in [2.75, 3.05) is 16.2 Å². The number of aryl methyl sites for hydroxylation is 1. The number of alkyl halides is 3. The van der Waals surface area contributed by atoms with Crippen molar-refractivity contribution in [3.8, 4) is 5.75 Å². The molecule has 1 saturated carbocycles. The molecule has 11 nitrogen and oxygen atoms in total. The van der Waals surface area contributed by atoms with Gasteiger partial charge in [0.05, 0.1) is 36.1 Å². The van der Waals surface area contributed by atoms with Gasteiger partial charge in [0.2, 0.25) is 5.91 Å². The van der Waals surface area contributed by atoms with Crippen molar-refractivity contribution in [2.24, 2.45) is 5.92 Å². The fourth-order valence-electron chi connectivity index (χ4n) is 3.87. The first-order chi connectivity index (χ1) is 16.4. The third-order valence-corrected chi connectivity index (χ3v) is 7.77. The fourth-order valence-corrected chi connectivity index (χ4v) is 5.72. The van der Waals surface area contributed by atoms with Crippen LogP contribution in [0.4, 0.5) is 29.3 Å². The van der Waals surface area contributed by atoms with Crippen LogP contribution >= 0.6 is 0 Å². The fraction of sp³-hybridized carbons (Fsp3) is 0.450. The highest BCUT2D eigenvalue weighted by Gasteiger charge is 2.45. The lowest BCUT2D eigenvalue weighted by Gasteiger charge is -2.41. The molecule has 1 aromatic carbocycles. The second kappa shape index (κ2) is 8.94. The zero-order chi connectivity index (χ0) is 25.7. The van der Waals surface area contributed by atoms with E-state index in [0.717, 1.165) is 4.31 Å². The summed E-state index contributed by atoms with van der Waals surface area (Å²) in [5.74, 6) is -1.23. The maximum Gasteiger partial charge on any atom is 0.409 e. The van der Waals surface area contributed by atoms with Crippen molar-refractivity contribution in [3.63, 3.8) is 0 Å². The number of carbonyl (C=O) groups excluding carboxylic acids is 1. The van der Waals surface area contributed by atoms with Gasteiger partial charge in [-0.1, -0.05) is 0 Å². The Morgan fingerprint density at radius 2 is 2.03 bits per heavy atom. The predicted octanol–water partition coefficient (Wildman–Crippen LogP) is 2.50. The average Bonchev–Trinajstić information content (AvgIpc) is 3.36. The summed E-state index contributed by atoms with van der Waals surface area (Å²) in [5, 5.41) is 17.3. The number of fused-ring (bicyclic) bond motifs is 1. The van der Waals surface area contributed by atoms with Gasteiger partial charge in [0, 0.05) is 5.69 Å². The summed E-state index contributed by atoms with van der Waals surface area (Å²) in [4.78, 5) is 22.7. The number of aromatic nitrogens is 2. The standard InChI is InChI=1S/C20H22F3N5O6S/c1-9-17(8-27(26-9)19(22)23)35(32,33)28-10(2)16(7-24-18(29)12-6-13(12)21)34-15-4-3-11(5-14(15)28)25-20(30)31/h3-5,8,10,12-13,16,19,25H,6-7H2,1-2H3,(H,24,29)(H,30,31)/t10-,12+,13-,16+/m1/s1. The highest BCUT2D eigenvalue weighted by molar-refractivity contribution is 7.93. The van der Waals surface area contributed by atoms with Crippen LogP contribution in [0.5, 0.6) is 5.75 Å². The molecular weight excluding hydrogens is 495 g/mol. The van der Waals surface area contributed by atoms with Crippen molar-refractivity contribution in [1.29, 1.82) is 0 Å². The first kappa shape index (κ1) is 24.6. The topological polar surface area (TPSA) is 143 Å². The minimum Gasteiger partial charge on any atom is -0.484 e. The Balaban J connectivity index is 1.73. The number of nitrogens with one attached hydrogen (secondary N) is 2. The summed E-state index contributed by atoms with van der Waals surface area (Å²) in [6.45, 7) is -0.473. The van der Waals surface area contributed by atoms with Crippen LogP contribution < -0.4 is 19.7 Å². The molecule has 1 fully saturated rings. The third-order valence-electron chi connectivity index (χ3n) is 5.77. The van der Waals surface area contributed by atoms with E-state index < -0.39 is 57.7 Å². The quantitative estimate of drug-likeness (QED) is 0.512. The second-order valence-corrected chi connectivity index (χ2v) is 10.0. The summed E-state index contributed by atoms with van der Waals surface area (Å²) in [7, 11) is -4.51. The van der Waals surface area contributed by atoms with E-state index in [1.807, 2.05) is 0 Å². The second-order valence-electron chi connectivity index (χ2n) is 8.25. The van der Waals surface area contributed by atoms with E-state index in [9.17, 15) is 31.2 Å². The molecule has 190 valence electrons. The number of benzene rings is 1. The minimum atomic E-state index is -4.51. The number of ether oxygens (including phenoxy) is 1. The van der Waals surface area contributed by atoms with Gasteiger partial charge in [-0.25, -0.2) is 22.3 Å². The van der Waals surface area contributed by atoms with Crippen molar-refractivity contribution in [2.45, 2.75) is 50.0 Å². The Labute approximate surface area is 197 Å². The highest BCUT2D eigenvalue weighted by Crippen LogP contribution is 2.42. The van der Waals surface area contributed by atoms with Gasteiger partial charge in [-0.05, 0) is 38.5 Å². The van der Waals surface area contributed by atoms with Gasteiger partial charge in [0.25, 0.3) is 10.0 Å². The number of carboxylic acid groups (broad SMARTS) is 1. The monoisotopic (exact) mass is 517 g/mol. The summed E-state index contributed by atoms with van der Waals surface area (Å²) in [6, 6.07) is 2.94. The van der Waals surface area contributed by atoms with Crippen molar-refractivity contribution in [3.05, 3.63) is 30.1 Å².